The predicted molar refractivity (Wildman–Crippen MR) is 68.1 cm³/mol. The summed E-state index contributed by atoms with van der Waals surface area (Å²) >= 11 is 3.65. The van der Waals surface area contributed by atoms with Crippen LogP contribution in [0, 0.1) is 0 Å². The van der Waals surface area contributed by atoms with E-state index in [1.165, 1.54) is 28.4 Å². The lowest BCUT2D eigenvalue weighted by Gasteiger charge is -2.26. The Hall–Kier alpha value is -0.340. The van der Waals surface area contributed by atoms with E-state index in [0.29, 0.717) is 6.04 Å². The maximum absolute atomic E-state index is 3.65. The first-order valence-corrected chi connectivity index (χ1v) is 6.58. The molecule has 0 fully saturated rings. The SMILES string of the molecule is CCN(CC)C1CCc2c(Br)cccc21. The summed E-state index contributed by atoms with van der Waals surface area (Å²) in [5.74, 6) is 0. The molecule has 1 unspecified atom stereocenters. The lowest BCUT2D eigenvalue weighted by atomic mass is 10.1. The van der Waals surface area contributed by atoms with Gasteiger partial charge in [-0.3, -0.25) is 4.90 Å². The maximum atomic E-state index is 3.65. The van der Waals surface area contributed by atoms with Gasteiger partial charge in [-0.1, -0.05) is 41.9 Å². The highest BCUT2D eigenvalue weighted by atomic mass is 79.9. The quantitative estimate of drug-likeness (QED) is 0.806. The van der Waals surface area contributed by atoms with Crippen molar-refractivity contribution < 1.29 is 0 Å². The molecule has 1 atom stereocenters. The summed E-state index contributed by atoms with van der Waals surface area (Å²) in [5, 5.41) is 0. The zero-order valence-corrected chi connectivity index (χ0v) is 11.0. The van der Waals surface area contributed by atoms with Gasteiger partial charge in [-0.05, 0) is 43.1 Å². The number of nitrogens with zero attached hydrogens (tertiary/aromatic N) is 1. The summed E-state index contributed by atoms with van der Waals surface area (Å²) in [7, 11) is 0. The molecule has 1 aliphatic rings. The molecule has 1 aromatic carbocycles. The molecule has 82 valence electrons. The number of hydrogen-bond acceptors (Lipinski definition) is 1. The predicted octanol–water partition coefficient (Wildman–Crippen LogP) is 3.78. The molecule has 0 amide bonds. The topological polar surface area (TPSA) is 3.24 Å². The van der Waals surface area contributed by atoms with E-state index in [2.05, 4.69) is 52.9 Å². The average Bonchev–Trinajstić information content (AvgIpc) is 2.66. The molecule has 0 radical (unpaired) electrons. The van der Waals surface area contributed by atoms with Crippen LogP contribution in [0.15, 0.2) is 22.7 Å². The molecule has 2 heteroatoms. The fourth-order valence-corrected chi connectivity index (χ4v) is 3.21. The summed E-state index contributed by atoms with van der Waals surface area (Å²) < 4.78 is 1.29. The first kappa shape index (κ1) is 11.2. The van der Waals surface area contributed by atoms with E-state index in [4.69, 9.17) is 0 Å². The van der Waals surface area contributed by atoms with Crippen LogP contribution in [-0.4, -0.2) is 18.0 Å². The van der Waals surface area contributed by atoms with Crippen molar-refractivity contribution >= 4 is 15.9 Å². The molecular formula is C13H18BrN. The molecule has 0 aliphatic heterocycles. The second kappa shape index (κ2) is 4.67. The van der Waals surface area contributed by atoms with Crippen LogP contribution in [0.5, 0.6) is 0 Å². The van der Waals surface area contributed by atoms with Gasteiger partial charge in [0.05, 0.1) is 0 Å². The standard InChI is InChI=1S/C13H18BrN/c1-3-15(4-2)13-9-8-10-11(13)6-5-7-12(10)14/h5-7,13H,3-4,8-9H2,1-2H3. The van der Waals surface area contributed by atoms with E-state index >= 15 is 0 Å². The van der Waals surface area contributed by atoms with E-state index in [1.54, 1.807) is 0 Å². The largest absolute Gasteiger partial charge is 0.297 e. The van der Waals surface area contributed by atoms with Gasteiger partial charge in [-0.15, -0.1) is 0 Å². The Labute approximate surface area is 101 Å². The molecule has 0 heterocycles. The van der Waals surface area contributed by atoms with Crippen LogP contribution < -0.4 is 0 Å². The third kappa shape index (κ3) is 1.98. The van der Waals surface area contributed by atoms with Gasteiger partial charge in [-0.2, -0.15) is 0 Å². The molecule has 0 N–H and O–H groups in total. The van der Waals surface area contributed by atoms with Crippen molar-refractivity contribution in [3.63, 3.8) is 0 Å². The fourth-order valence-electron chi connectivity index (χ4n) is 2.63. The van der Waals surface area contributed by atoms with Crippen molar-refractivity contribution in [3.8, 4) is 0 Å². The zero-order valence-electron chi connectivity index (χ0n) is 9.46. The molecule has 1 aromatic rings. The van der Waals surface area contributed by atoms with Crippen LogP contribution in [0.2, 0.25) is 0 Å². The first-order valence-electron chi connectivity index (χ1n) is 5.79. The number of benzene rings is 1. The molecular weight excluding hydrogens is 250 g/mol. The van der Waals surface area contributed by atoms with Gasteiger partial charge < -0.3 is 0 Å². The average molecular weight is 268 g/mol. The van der Waals surface area contributed by atoms with E-state index in [-0.39, 0.29) is 0 Å². The summed E-state index contributed by atoms with van der Waals surface area (Å²) in [6, 6.07) is 7.25. The highest BCUT2D eigenvalue weighted by molar-refractivity contribution is 9.10. The van der Waals surface area contributed by atoms with Crippen LogP contribution in [0.3, 0.4) is 0 Å². The Morgan fingerprint density at radius 2 is 2.07 bits per heavy atom. The highest BCUT2D eigenvalue weighted by Gasteiger charge is 2.27. The third-order valence-corrected chi connectivity index (χ3v) is 4.18. The monoisotopic (exact) mass is 267 g/mol. The normalized spacial score (nSPS) is 19.6. The Bertz CT molecular complexity index is 344. The Morgan fingerprint density at radius 1 is 1.33 bits per heavy atom. The van der Waals surface area contributed by atoms with Crippen LogP contribution in [-0.2, 0) is 6.42 Å². The Kier molecular flexibility index (Phi) is 3.47. The van der Waals surface area contributed by atoms with Gasteiger partial charge in [0.25, 0.3) is 0 Å². The molecule has 0 bridgehead atoms. The fraction of sp³-hybridized carbons (Fsp3) is 0.538. The van der Waals surface area contributed by atoms with Crippen LogP contribution >= 0.6 is 15.9 Å². The first-order chi connectivity index (χ1) is 7.27. The van der Waals surface area contributed by atoms with Crippen molar-refractivity contribution in [1.29, 1.82) is 0 Å². The minimum atomic E-state index is 0.646. The summed E-state index contributed by atoms with van der Waals surface area (Å²) in [4.78, 5) is 2.55. The molecule has 1 aliphatic carbocycles. The number of rotatable bonds is 3. The van der Waals surface area contributed by atoms with Gasteiger partial charge in [-0.25, -0.2) is 0 Å². The molecule has 1 nitrogen and oxygen atoms in total. The van der Waals surface area contributed by atoms with Gasteiger partial charge in [0.1, 0.15) is 0 Å². The molecule has 0 saturated heterocycles. The van der Waals surface area contributed by atoms with Gasteiger partial charge in [0.15, 0.2) is 0 Å². The molecule has 15 heavy (non-hydrogen) atoms. The zero-order chi connectivity index (χ0) is 10.8. The van der Waals surface area contributed by atoms with Gasteiger partial charge in [0, 0.05) is 10.5 Å². The van der Waals surface area contributed by atoms with Crippen molar-refractivity contribution in [2.24, 2.45) is 0 Å². The number of hydrogen-bond donors (Lipinski definition) is 0. The molecule has 0 spiro atoms. The van der Waals surface area contributed by atoms with Crippen LogP contribution in [0.4, 0.5) is 0 Å². The Morgan fingerprint density at radius 3 is 2.73 bits per heavy atom. The van der Waals surface area contributed by atoms with Crippen LogP contribution in [0.25, 0.3) is 0 Å². The van der Waals surface area contributed by atoms with Crippen molar-refractivity contribution in [3.05, 3.63) is 33.8 Å². The maximum Gasteiger partial charge on any atom is 0.0354 e. The minimum Gasteiger partial charge on any atom is -0.297 e. The smallest absolute Gasteiger partial charge is 0.0354 e. The Balaban J connectivity index is 2.32. The van der Waals surface area contributed by atoms with Crippen molar-refractivity contribution in [1.82, 2.24) is 4.90 Å². The summed E-state index contributed by atoms with van der Waals surface area (Å²) in [5.41, 5.74) is 3.06. The lowest BCUT2D eigenvalue weighted by Crippen LogP contribution is -2.26. The van der Waals surface area contributed by atoms with E-state index < -0.39 is 0 Å². The van der Waals surface area contributed by atoms with Crippen molar-refractivity contribution in [2.75, 3.05) is 13.1 Å². The minimum absolute atomic E-state index is 0.646. The second-order valence-electron chi connectivity index (χ2n) is 4.08. The molecule has 0 aromatic heterocycles. The molecule has 0 saturated carbocycles. The van der Waals surface area contributed by atoms with E-state index in [1.807, 2.05) is 0 Å². The second-order valence-corrected chi connectivity index (χ2v) is 4.94. The summed E-state index contributed by atoms with van der Waals surface area (Å²) in [6.45, 7) is 6.79. The van der Waals surface area contributed by atoms with Crippen LogP contribution in [0.1, 0.15) is 37.4 Å². The van der Waals surface area contributed by atoms with Crippen molar-refractivity contribution in [2.45, 2.75) is 32.7 Å². The van der Waals surface area contributed by atoms with Gasteiger partial charge in [0.2, 0.25) is 0 Å². The van der Waals surface area contributed by atoms with E-state index in [9.17, 15) is 0 Å². The number of halogens is 1. The highest BCUT2D eigenvalue weighted by Crippen LogP contribution is 2.38. The third-order valence-electron chi connectivity index (χ3n) is 3.43. The number of fused-ring (bicyclic) bond motifs is 1. The van der Waals surface area contributed by atoms with Gasteiger partial charge >= 0.3 is 0 Å². The lowest BCUT2D eigenvalue weighted by molar-refractivity contribution is 0.218. The summed E-state index contributed by atoms with van der Waals surface area (Å²) in [6.07, 6.45) is 2.50. The van der Waals surface area contributed by atoms with E-state index in [0.717, 1.165) is 13.1 Å². The molecule has 2 rings (SSSR count).